The molecule has 9 nitrogen and oxygen atoms in total. The molecule has 3 N–H and O–H groups in total. The predicted molar refractivity (Wildman–Crippen MR) is 74.5 cm³/mol. The van der Waals surface area contributed by atoms with E-state index in [0.717, 1.165) is 0 Å². The lowest BCUT2D eigenvalue weighted by Crippen LogP contribution is -2.34. The molecule has 1 unspecified atom stereocenters. The van der Waals surface area contributed by atoms with Crippen LogP contribution in [0.15, 0.2) is 18.7 Å². The third-order valence-electron chi connectivity index (χ3n) is 2.86. The molecule has 2 rings (SSSR count). The van der Waals surface area contributed by atoms with E-state index in [0.29, 0.717) is 18.5 Å². The summed E-state index contributed by atoms with van der Waals surface area (Å²) in [5.74, 6) is 6.63. The molecule has 0 bridgehead atoms. The molecular weight excluding hydrogens is 260 g/mol. The van der Waals surface area contributed by atoms with Gasteiger partial charge >= 0.3 is 0 Å². The Morgan fingerprint density at radius 3 is 2.85 bits per heavy atom. The Bertz CT molecular complexity index is 543. The first-order chi connectivity index (χ1) is 9.65. The fourth-order valence-electron chi connectivity index (χ4n) is 1.62. The van der Waals surface area contributed by atoms with E-state index < -0.39 is 0 Å². The summed E-state index contributed by atoms with van der Waals surface area (Å²) < 4.78 is 6.82. The summed E-state index contributed by atoms with van der Waals surface area (Å²) in [5, 5.41) is 0. The van der Waals surface area contributed by atoms with Gasteiger partial charge in [0, 0.05) is 26.6 Å². The van der Waals surface area contributed by atoms with Crippen molar-refractivity contribution in [2.75, 3.05) is 31.1 Å². The number of hydrogen-bond acceptors (Lipinski definition) is 8. The number of hydrazine groups is 1. The Labute approximate surface area is 116 Å². The predicted octanol–water partition coefficient (Wildman–Crippen LogP) is -0.186. The molecule has 2 heterocycles. The fraction of sp³-hybridized carbons (Fsp3) is 0.455. The number of anilines is 2. The lowest BCUT2D eigenvalue weighted by atomic mass is 10.3. The van der Waals surface area contributed by atoms with Gasteiger partial charge in [0.25, 0.3) is 0 Å². The molecule has 9 heteroatoms. The number of nitrogens with zero attached hydrogens (tertiary/aromatic N) is 6. The van der Waals surface area contributed by atoms with Gasteiger partial charge in [-0.15, -0.1) is 0 Å². The van der Waals surface area contributed by atoms with Gasteiger partial charge in [0.15, 0.2) is 0 Å². The van der Waals surface area contributed by atoms with E-state index in [1.54, 1.807) is 30.4 Å². The number of nitrogens with one attached hydrogen (secondary N) is 1. The lowest BCUT2D eigenvalue weighted by molar-refractivity contribution is 0.183. The maximum Gasteiger partial charge on any atom is 0.243 e. The summed E-state index contributed by atoms with van der Waals surface area (Å²) in [6.45, 7) is 2.58. The van der Waals surface area contributed by atoms with Gasteiger partial charge in [-0.25, -0.2) is 10.8 Å². The van der Waals surface area contributed by atoms with E-state index in [1.165, 1.54) is 0 Å². The zero-order valence-corrected chi connectivity index (χ0v) is 11.7. The largest absolute Gasteiger partial charge is 0.383 e. The maximum atomic E-state index is 5.41. The molecule has 0 aromatic carbocycles. The van der Waals surface area contributed by atoms with E-state index in [1.807, 2.05) is 18.9 Å². The molecule has 0 saturated carbocycles. The average molecular weight is 278 g/mol. The zero-order valence-electron chi connectivity index (χ0n) is 11.7. The first-order valence-corrected chi connectivity index (χ1v) is 6.08. The van der Waals surface area contributed by atoms with Crippen molar-refractivity contribution in [3.05, 3.63) is 18.7 Å². The van der Waals surface area contributed by atoms with E-state index in [2.05, 4.69) is 25.4 Å². The van der Waals surface area contributed by atoms with Crippen LogP contribution in [-0.2, 0) is 4.74 Å². The summed E-state index contributed by atoms with van der Waals surface area (Å²) in [6, 6.07) is 0.115. The summed E-state index contributed by atoms with van der Waals surface area (Å²) in [7, 11) is 3.54. The Morgan fingerprint density at radius 1 is 1.45 bits per heavy atom. The highest BCUT2D eigenvalue weighted by Gasteiger charge is 2.15. The van der Waals surface area contributed by atoms with E-state index >= 15 is 0 Å². The van der Waals surface area contributed by atoms with Gasteiger partial charge < -0.3 is 9.64 Å². The van der Waals surface area contributed by atoms with Crippen LogP contribution in [0.5, 0.6) is 0 Å². The molecular formula is C11H18N8O. The monoisotopic (exact) mass is 278 g/mol. The highest BCUT2D eigenvalue weighted by atomic mass is 16.5. The van der Waals surface area contributed by atoms with Crippen LogP contribution < -0.4 is 16.2 Å². The number of aromatic nitrogens is 5. The zero-order chi connectivity index (χ0) is 14.5. The van der Waals surface area contributed by atoms with Gasteiger partial charge in [-0.05, 0) is 6.92 Å². The molecule has 0 spiro atoms. The van der Waals surface area contributed by atoms with Crippen LogP contribution in [0.3, 0.4) is 0 Å². The van der Waals surface area contributed by atoms with Gasteiger partial charge in [0.1, 0.15) is 6.33 Å². The average Bonchev–Trinajstić information content (AvgIpc) is 3.00. The van der Waals surface area contributed by atoms with Crippen LogP contribution in [0.25, 0.3) is 5.95 Å². The van der Waals surface area contributed by atoms with Gasteiger partial charge in [-0.2, -0.15) is 15.0 Å². The summed E-state index contributed by atoms with van der Waals surface area (Å²) in [6.07, 6.45) is 5.01. The first-order valence-electron chi connectivity index (χ1n) is 6.08. The number of likely N-dealkylation sites (N-methyl/N-ethyl adjacent to an activating group) is 1. The fourth-order valence-corrected chi connectivity index (χ4v) is 1.62. The second kappa shape index (κ2) is 6.26. The number of imidazole rings is 1. The smallest absolute Gasteiger partial charge is 0.243 e. The maximum absolute atomic E-state index is 5.41. The highest BCUT2D eigenvalue weighted by molar-refractivity contribution is 5.39. The molecule has 0 saturated heterocycles. The Hall–Kier alpha value is -2.26. The van der Waals surface area contributed by atoms with Crippen molar-refractivity contribution >= 4 is 11.9 Å². The molecule has 0 aliphatic carbocycles. The van der Waals surface area contributed by atoms with Crippen LogP contribution in [0, 0.1) is 0 Å². The Balaban J connectivity index is 2.35. The van der Waals surface area contributed by atoms with Gasteiger partial charge in [-0.3, -0.25) is 9.99 Å². The Kier molecular flexibility index (Phi) is 4.43. The minimum atomic E-state index is 0.115. The standard InChI is InChI=1S/C11H18N8O/c1-8(6-20-3)18(2)10-14-9(17-12)15-11(16-10)19-5-4-13-7-19/h4-5,7-8H,6,12H2,1-3H3,(H,14,15,16,17). The van der Waals surface area contributed by atoms with Crippen molar-refractivity contribution in [3.63, 3.8) is 0 Å². The summed E-state index contributed by atoms with van der Waals surface area (Å²) in [5.41, 5.74) is 2.44. The van der Waals surface area contributed by atoms with E-state index in [4.69, 9.17) is 10.6 Å². The Morgan fingerprint density at radius 2 is 2.25 bits per heavy atom. The van der Waals surface area contributed by atoms with Crippen molar-refractivity contribution in [3.8, 4) is 5.95 Å². The molecule has 0 amide bonds. The molecule has 108 valence electrons. The molecule has 1 atom stereocenters. The summed E-state index contributed by atoms with van der Waals surface area (Å²) >= 11 is 0. The number of rotatable bonds is 6. The van der Waals surface area contributed by atoms with Crippen LogP contribution in [0.1, 0.15) is 6.92 Å². The molecule has 2 aromatic rings. The van der Waals surface area contributed by atoms with Crippen molar-refractivity contribution in [2.24, 2.45) is 5.84 Å². The second-order valence-electron chi connectivity index (χ2n) is 4.29. The number of ether oxygens (including phenoxy) is 1. The van der Waals surface area contributed by atoms with Crippen LogP contribution >= 0.6 is 0 Å². The van der Waals surface area contributed by atoms with Crippen molar-refractivity contribution in [2.45, 2.75) is 13.0 Å². The number of hydrogen-bond donors (Lipinski definition) is 2. The van der Waals surface area contributed by atoms with Crippen molar-refractivity contribution in [1.82, 2.24) is 24.5 Å². The van der Waals surface area contributed by atoms with Gasteiger partial charge in [0.05, 0.1) is 12.6 Å². The number of nitrogens with two attached hydrogens (primary N) is 1. The minimum absolute atomic E-state index is 0.115. The third-order valence-corrected chi connectivity index (χ3v) is 2.86. The van der Waals surface area contributed by atoms with Crippen LogP contribution in [0.4, 0.5) is 11.9 Å². The van der Waals surface area contributed by atoms with Crippen LogP contribution in [-0.4, -0.2) is 51.3 Å². The third kappa shape index (κ3) is 3.00. The first kappa shape index (κ1) is 14.2. The molecule has 2 aromatic heterocycles. The molecule has 0 aliphatic rings. The lowest BCUT2D eigenvalue weighted by Gasteiger charge is -2.24. The topological polar surface area (TPSA) is 107 Å². The molecule has 20 heavy (non-hydrogen) atoms. The molecule has 0 aliphatic heterocycles. The quantitative estimate of drug-likeness (QED) is 0.553. The van der Waals surface area contributed by atoms with Crippen molar-refractivity contribution in [1.29, 1.82) is 0 Å². The molecule has 0 radical (unpaired) electrons. The van der Waals surface area contributed by atoms with Crippen molar-refractivity contribution < 1.29 is 4.74 Å². The van der Waals surface area contributed by atoms with E-state index in [-0.39, 0.29) is 12.0 Å². The van der Waals surface area contributed by atoms with E-state index in [9.17, 15) is 0 Å². The highest BCUT2D eigenvalue weighted by Crippen LogP contribution is 2.13. The number of nitrogen functional groups attached to an aromatic ring is 1. The second-order valence-corrected chi connectivity index (χ2v) is 4.29. The molecule has 0 fully saturated rings. The SMILES string of the molecule is COCC(C)N(C)c1nc(NN)nc(-n2ccnc2)n1. The van der Waals surface area contributed by atoms with Gasteiger partial charge in [0.2, 0.25) is 17.8 Å². The van der Waals surface area contributed by atoms with Crippen LogP contribution in [0.2, 0.25) is 0 Å². The minimum Gasteiger partial charge on any atom is -0.383 e. The normalized spacial score (nSPS) is 12.2. The van der Waals surface area contributed by atoms with Gasteiger partial charge in [-0.1, -0.05) is 0 Å². The summed E-state index contributed by atoms with van der Waals surface area (Å²) in [4.78, 5) is 18.7. The number of methoxy groups -OCH3 is 1.